The standard InChI is InChI=1S/C15H18ClN3O/c1-3-13-18-14(16)11(2)15(19-13)17-9-10-20-12-7-5-4-6-8-12/h4-8H,3,9-10H2,1-2H3,(H,17,18,19). The molecule has 0 bridgehead atoms. The van der Waals surface area contributed by atoms with Crippen molar-refractivity contribution in [1.29, 1.82) is 0 Å². The Morgan fingerprint density at radius 3 is 2.65 bits per heavy atom. The third kappa shape index (κ3) is 3.84. The van der Waals surface area contributed by atoms with Crippen LogP contribution in [0, 0.1) is 6.92 Å². The number of benzene rings is 1. The summed E-state index contributed by atoms with van der Waals surface area (Å²) < 4.78 is 5.62. The van der Waals surface area contributed by atoms with Gasteiger partial charge in [-0.3, -0.25) is 0 Å². The third-order valence-electron chi connectivity index (χ3n) is 2.86. The Bertz CT molecular complexity index is 561. The smallest absolute Gasteiger partial charge is 0.137 e. The summed E-state index contributed by atoms with van der Waals surface area (Å²) in [6, 6.07) is 9.73. The molecule has 0 radical (unpaired) electrons. The highest BCUT2D eigenvalue weighted by molar-refractivity contribution is 6.30. The Morgan fingerprint density at radius 1 is 1.20 bits per heavy atom. The lowest BCUT2D eigenvalue weighted by Crippen LogP contribution is -2.14. The molecule has 5 heteroatoms. The van der Waals surface area contributed by atoms with Crippen LogP contribution in [0.4, 0.5) is 5.82 Å². The fourth-order valence-electron chi connectivity index (χ4n) is 1.72. The van der Waals surface area contributed by atoms with Crippen molar-refractivity contribution in [3.05, 3.63) is 46.9 Å². The van der Waals surface area contributed by atoms with E-state index in [1.165, 1.54) is 0 Å². The average molecular weight is 292 g/mol. The lowest BCUT2D eigenvalue weighted by molar-refractivity contribution is 0.332. The minimum Gasteiger partial charge on any atom is -0.492 e. The van der Waals surface area contributed by atoms with Gasteiger partial charge in [-0.15, -0.1) is 0 Å². The topological polar surface area (TPSA) is 47.0 Å². The quantitative estimate of drug-likeness (QED) is 0.654. The summed E-state index contributed by atoms with van der Waals surface area (Å²) in [6.45, 7) is 5.13. The van der Waals surface area contributed by atoms with Gasteiger partial charge >= 0.3 is 0 Å². The van der Waals surface area contributed by atoms with Gasteiger partial charge in [0.25, 0.3) is 0 Å². The van der Waals surface area contributed by atoms with E-state index in [9.17, 15) is 0 Å². The summed E-state index contributed by atoms with van der Waals surface area (Å²) >= 11 is 6.08. The normalized spacial score (nSPS) is 10.3. The van der Waals surface area contributed by atoms with E-state index in [0.29, 0.717) is 18.3 Å². The molecule has 1 aromatic heterocycles. The molecule has 106 valence electrons. The van der Waals surface area contributed by atoms with Crippen molar-refractivity contribution in [1.82, 2.24) is 9.97 Å². The maximum Gasteiger partial charge on any atom is 0.137 e. The summed E-state index contributed by atoms with van der Waals surface area (Å²) in [7, 11) is 0. The van der Waals surface area contributed by atoms with E-state index in [4.69, 9.17) is 16.3 Å². The molecule has 0 unspecified atom stereocenters. The summed E-state index contributed by atoms with van der Waals surface area (Å²) in [4.78, 5) is 8.64. The molecule has 0 aliphatic carbocycles. The van der Waals surface area contributed by atoms with Crippen molar-refractivity contribution in [2.75, 3.05) is 18.5 Å². The van der Waals surface area contributed by atoms with E-state index in [1.54, 1.807) is 0 Å². The SMILES string of the molecule is CCc1nc(Cl)c(C)c(NCCOc2ccccc2)n1. The second-order valence-corrected chi connectivity index (χ2v) is 4.70. The molecule has 0 fully saturated rings. The highest BCUT2D eigenvalue weighted by Gasteiger charge is 2.07. The lowest BCUT2D eigenvalue weighted by atomic mass is 10.3. The zero-order valence-electron chi connectivity index (χ0n) is 11.7. The molecule has 0 spiro atoms. The van der Waals surface area contributed by atoms with E-state index in [0.717, 1.165) is 29.4 Å². The summed E-state index contributed by atoms with van der Waals surface area (Å²) in [6.07, 6.45) is 0.759. The monoisotopic (exact) mass is 291 g/mol. The zero-order chi connectivity index (χ0) is 14.4. The molecule has 4 nitrogen and oxygen atoms in total. The van der Waals surface area contributed by atoms with Gasteiger partial charge in [0.2, 0.25) is 0 Å². The van der Waals surface area contributed by atoms with Gasteiger partial charge in [0.1, 0.15) is 29.2 Å². The van der Waals surface area contributed by atoms with Crippen molar-refractivity contribution in [2.24, 2.45) is 0 Å². The molecule has 0 aliphatic rings. The van der Waals surface area contributed by atoms with E-state index < -0.39 is 0 Å². The third-order valence-corrected chi connectivity index (χ3v) is 3.22. The molecule has 1 heterocycles. The Balaban J connectivity index is 1.89. The highest BCUT2D eigenvalue weighted by atomic mass is 35.5. The summed E-state index contributed by atoms with van der Waals surface area (Å²) in [5, 5.41) is 3.74. The zero-order valence-corrected chi connectivity index (χ0v) is 12.4. The maximum absolute atomic E-state index is 6.08. The van der Waals surface area contributed by atoms with Crippen molar-refractivity contribution in [2.45, 2.75) is 20.3 Å². The van der Waals surface area contributed by atoms with Crippen molar-refractivity contribution in [3.63, 3.8) is 0 Å². The Kier molecular flexibility index (Phi) is 5.18. The minimum absolute atomic E-state index is 0.503. The number of anilines is 1. The van der Waals surface area contributed by atoms with Gasteiger partial charge in [-0.2, -0.15) is 0 Å². The molecular formula is C15H18ClN3O. The number of hydrogen-bond acceptors (Lipinski definition) is 4. The van der Waals surface area contributed by atoms with Crippen LogP contribution in [-0.2, 0) is 6.42 Å². The van der Waals surface area contributed by atoms with Crippen LogP contribution in [0.2, 0.25) is 5.15 Å². The van der Waals surface area contributed by atoms with E-state index in [1.807, 2.05) is 44.2 Å². The van der Waals surface area contributed by atoms with Crippen LogP contribution in [0.15, 0.2) is 30.3 Å². The first kappa shape index (κ1) is 14.6. The molecule has 1 aromatic carbocycles. The minimum atomic E-state index is 0.503. The number of para-hydroxylation sites is 1. The Morgan fingerprint density at radius 2 is 1.95 bits per heavy atom. The fraction of sp³-hybridized carbons (Fsp3) is 0.333. The lowest BCUT2D eigenvalue weighted by Gasteiger charge is -2.11. The summed E-state index contributed by atoms with van der Waals surface area (Å²) in [5.74, 6) is 2.38. The fourth-order valence-corrected chi connectivity index (χ4v) is 1.91. The van der Waals surface area contributed by atoms with Crippen LogP contribution in [0.25, 0.3) is 0 Å². The molecule has 0 aliphatic heterocycles. The first-order valence-electron chi connectivity index (χ1n) is 6.65. The van der Waals surface area contributed by atoms with Crippen LogP contribution < -0.4 is 10.1 Å². The number of ether oxygens (including phenoxy) is 1. The highest BCUT2D eigenvalue weighted by Crippen LogP contribution is 2.19. The van der Waals surface area contributed by atoms with Crippen LogP contribution in [0.5, 0.6) is 5.75 Å². The van der Waals surface area contributed by atoms with Gasteiger partial charge in [-0.1, -0.05) is 36.7 Å². The molecule has 20 heavy (non-hydrogen) atoms. The average Bonchev–Trinajstić information content (AvgIpc) is 2.48. The molecule has 0 amide bonds. The second kappa shape index (κ2) is 7.10. The predicted octanol–water partition coefficient (Wildman–Crippen LogP) is 3.49. The largest absolute Gasteiger partial charge is 0.492 e. The maximum atomic E-state index is 6.08. The second-order valence-electron chi connectivity index (χ2n) is 4.35. The molecule has 0 atom stereocenters. The molecule has 0 saturated heterocycles. The summed E-state index contributed by atoms with van der Waals surface area (Å²) in [5.41, 5.74) is 0.864. The molecule has 0 saturated carbocycles. The number of rotatable bonds is 6. The van der Waals surface area contributed by atoms with Gasteiger partial charge in [0, 0.05) is 12.0 Å². The van der Waals surface area contributed by atoms with Crippen LogP contribution in [0.1, 0.15) is 18.3 Å². The van der Waals surface area contributed by atoms with Gasteiger partial charge < -0.3 is 10.1 Å². The number of halogens is 1. The predicted molar refractivity (Wildman–Crippen MR) is 81.6 cm³/mol. The Labute approximate surface area is 124 Å². The molecule has 2 aromatic rings. The number of aromatic nitrogens is 2. The molecular weight excluding hydrogens is 274 g/mol. The number of nitrogens with one attached hydrogen (secondary N) is 1. The molecule has 1 N–H and O–H groups in total. The van der Waals surface area contributed by atoms with Crippen molar-refractivity contribution >= 4 is 17.4 Å². The first-order valence-corrected chi connectivity index (χ1v) is 7.03. The molecule has 2 rings (SSSR count). The van der Waals surface area contributed by atoms with E-state index in [-0.39, 0.29) is 0 Å². The number of hydrogen-bond donors (Lipinski definition) is 1. The van der Waals surface area contributed by atoms with Gasteiger partial charge in [-0.25, -0.2) is 9.97 Å². The van der Waals surface area contributed by atoms with Crippen LogP contribution >= 0.6 is 11.6 Å². The van der Waals surface area contributed by atoms with E-state index in [2.05, 4.69) is 15.3 Å². The van der Waals surface area contributed by atoms with Crippen LogP contribution in [0.3, 0.4) is 0 Å². The van der Waals surface area contributed by atoms with E-state index >= 15 is 0 Å². The van der Waals surface area contributed by atoms with Crippen molar-refractivity contribution < 1.29 is 4.74 Å². The van der Waals surface area contributed by atoms with Crippen molar-refractivity contribution in [3.8, 4) is 5.75 Å². The van der Waals surface area contributed by atoms with Gasteiger partial charge in [-0.05, 0) is 19.1 Å². The van der Waals surface area contributed by atoms with Gasteiger partial charge in [0.15, 0.2) is 0 Å². The van der Waals surface area contributed by atoms with Crippen LogP contribution in [-0.4, -0.2) is 23.1 Å². The number of aryl methyl sites for hydroxylation is 1. The number of nitrogens with zero attached hydrogens (tertiary/aromatic N) is 2. The first-order chi connectivity index (χ1) is 9.70. The Hall–Kier alpha value is -1.81. The van der Waals surface area contributed by atoms with Gasteiger partial charge in [0.05, 0.1) is 6.54 Å².